The molecule has 1 atom stereocenters. The van der Waals surface area contributed by atoms with Crippen LogP contribution in [0.4, 0.5) is 0 Å². The minimum absolute atomic E-state index is 0.146. The van der Waals surface area contributed by atoms with Crippen molar-refractivity contribution in [2.75, 3.05) is 7.05 Å². The van der Waals surface area contributed by atoms with Gasteiger partial charge in [0.2, 0.25) is 0 Å². The normalized spacial score (nSPS) is 27.7. The minimum Gasteiger partial charge on any atom is -0.343 e. The van der Waals surface area contributed by atoms with Gasteiger partial charge in [0.1, 0.15) is 0 Å². The molecular formula is C11H18BNS. The van der Waals surface area contributed by atoms with Crippen LogP contribution in [0.25, 0.3) is 0 Å². The predicted molar refractivity (Wildman–Crippen MR) is 66.7 cm³/mol. The lowest BCUT2D eigenvalue weighted by molar-refractivity contribution is 0.476. The lowest BCUT2D eigenvalue weighted by atomic mass is 9.60. The Morgan fingerprint density at radius 1 is 1.57 bits per heavy atom. The van der Waals surface area contributed by atoms with Crippen molar-refractivity contribution in [2.45, 2.75) is 45.3 Å². The van der Waals surface area contributed by atoms with E-state index in [9.17, 15) is 0 Å². The van der Waals surface area contributed by atoms with E-state index in [-0.39, 0.29) is 5.31 Å². The molecule has 0 spiro atoms. The van der Waals surface area contributed by atoms with Crippen LogP contribution in [-0.2, 0) is 0 Å². The first-order chi connectivity index (χ1) is 6.36. The van der Waals surface area contributed by atoms with E-state index in [1.165, 1.54) is 11.3 Å². The topological polar surface area (TPSA) is 3.24 Å². The van der Waals surface area contributed by atoms with Crippen LogP contribution < -0.4 is 0 Å². The fourth-order valence-electron chi connectivity index (χ4n) is 1.94. The van der Waals surface area contributed by atoms with Crippen molar-refractivity contribution in [1.82, 2.24) is 4.90 Å². The van der Waals surface area contributed by atoms with Crippen LogP contribution in [0.15, 0.2) is 11.3 Å². The second kappa shape index (κ2) is 4.05. The second-order valence-corrected chi connectivity index (χ2v) is 5.01. The summed E-state index contributed by atoms with van der Waals surface area (Å²) in [7, 11) is 8.25. The summed E-state index contributed by atoms with van der Waals surface area (Å²) < 4.78 is 0. The summed E-state index contributed by atoms with van der Waals surface area (Å²) in [6.07, 6.45) is 3.34. The summed E-state index contributed by atoms with van der Waals surface area (Å²) in [5, 5.41) is -0.146. The maximum atomic E-state index is 6.22. The van der Waals surface area contributed by atoms with Crippen molar-refractivity contribution in [1.29, 1.82) is 0 Å². The van der Waals surface area contributed by atoms with Crippen molar-refractivity contribution in [2.24, 2.45) is 0 Å². The molecule has 0 saturated heterocycles. The van der Waals surface area contributed by atoms with Crippen LogP contribution >= 0.6 is 12.2 Å². The zero-order valence-corrected chi connectivity index (χ0v) is 10.4. The molecule has 0 bridgehead atoms. The summed E-state index contributed by atoms with van der Waals surface area (Å²) in [6, 6.07) is 0. The SMILES string of the molecule is [B]C1(C)CCCC(N(C)C(C)=S)=C1C. The molecule has 0 fully saturated rings. The molecular weight excluding hydrogens is 189 g/mol. The Morgan fingerprint density at radius 2 is 2.14 bits per heavy atom. The first-order valence-electron chi connectivity index (χ1n) is 5.09. The van der Waals surface area contributed by atoms with Crippen LogP contribution in [0.3, 0.4) is 0 Å². The lowest BCUT2D eigenvalue weighted by Crippen LogP contribution is -2.28. The molecule has 1 aliphatic carbocycles. The van der Waals surface area contributed by atoms with Gasteiger partial charge in [-0.05, 0) is 32.0 Å². The Hall–Kier alpha value is -0.305. The quantitative estimate of drug-likeness (QED) is 0.480. The van der Waals surface area contributed by atoms with E-state index >= 15 is 0 Å². The average Bonchev–Trinajstić information content (AvgIpc) is 2.08. The van der Waals surface area contributed by atoms with Gasteiger partial charge in [-0.25, -0.2) is 0 Å². The van der Waals surface area contributed by atoms with Crippen molar-refractivity contribution < 1.29 is 0 Å². The number of hydrogen-bond donors (Lipinski definition) is 0. The maximum absolute atomic E-state index is 6.22. The first kappa shape index (κ1) is 11.8. The van der Waals surface area contributed by atoms with Gasteiger partial charge in [0, 0.05) is 12.7 Å². The van der Waals surface area contributed by atoms with E-state index < -0.39 is 0 Å². The van der Waals surface area contributed by atoms with Crippen molar-refractivity contribution in [3.05, 3.63) is 11.3 Å². The average molecular weight is 207 g/mol. The zero-order valence-electron chi connectivity index (χ0n) is 9.55. The van der Waals surface area contributed by atoms with Crippen LogP contribution in [0.1, 0.15) is 40.0 Å². The van der Waals surface area contributed by atoms with Gasteiger partial charge in [0.15, 0.2) is 0 Å². The summed E-state index contributed by atoms with van der Waals surface area (Å²) >= 11 is 5.18. The molecule has 0 aromatic carbocycles. The third-order valence-electron chi connectivity index (χ3n) is 3.28. The van der Waals surface area contributed by atoms with E-state index in [1.807, 2.05) is 14.0 Å². The molecule has 0 saturated carbocycles. The van der Waals surface area contributed by atoms with Crippen molar-refractivity contribution >= 4 is 25.1 Å². The van der Waals surface area contributed by atoms with Gasteiger partial charge in [0.05, 0.1) is 12.8 Å². The lowest BCUT2D eigenvalue weighted by Gasteiger charge is -2.37. The van der Waals surface area contributed by atoms with Gasteiger partial charge in [-0.3, -0.25) is 0 Å². The van der Waals surface area contributed by atoms with E-state index in [4.69, 9.17) is 20.1 Å². The molecule has 1 unspecified atom stereocenters. The number of hydrogen-bond acceptors (Lipinski definition) is 1. The van der Waals surface area contributed by atoms with E-state index in [0.29, 0.717) is 0 Å². The number of rotatable bonds is 1. The van der Waals surface area contributed by atoms with Crippen molar-refractivity contribution in [3.63, 3.8) is 0 Å². The zero-order chi connectivity index (χ0) is 10.9. The highest BCUT2D eigenvalue weighted by atomic mass is 32.1. The van der Waals surface area contributed by atoms with Gasteiger partial charge >= 0.3 is 0 Å². The highest BCUT2D eigenvalue weighted by Gasteiger charge is 2.27. The molecule has 0 aromatic rings. The van der Waals surface area contributed by atoms with Crippen LogP contribution in [0, 0.1) is 0 Å². The van der Waals surface area contributed by atoms with Crippen LogP contribution in [0.2, 0.25) is 5.31 Å². The molecule has 3 heteroatoms. The molecule has 0 aromatic heterocycles. The van der Waals surface area contributed by atoms with Gasteiger partial charge in [0.25, 0.3) is 0 Å². The van der Waals surface area contributed by atoms with Gasteiger partial charge < -0.3 is 4.90 Å². The van der Waals surface area contributed by atoms with Crippen LogP contribution in [-0.4, -0.2) is 24.8 Å². The minimum atomic E-state index is -0.146. The fraction of sp³-hybridized carbons (Fsp3) is 0.727. The Balaban J connectivity index is 3.02. The largest absolute Gasteiger partial charge is 0.343 e. The Kier molecular flexibility index (Phi) is 3.41. The number of allylic oxidation sites excluding steroid dienone is 2. The summed E-state index contributed by atoms with van der Waals surface area (Å²) in [5.74, 6) is 0. The number of thiocarbonyl (C=S) groups is 1. The Morgan fingerprint density at radius 3 is 2.64 bits per heavy atom. The van der Waals surface area contributed by atoms with E-state index in [1.54, 1.807) is 0 Å². The molecule has 1 rings (SSSR count). The summed E-state index contributed by atoms with van der Waals surface area (Å²) in [5.41, 5.74) is 2.60. The fourth-order valence-corrected chi connectivity index (χ4v) is 2.05. The molecule has 0 heterocycles. The molecule has 14 heavy (non-hydrogen) atoms. The third-order valence-corrected chi connectivity index (χ3v) is 3.55. The molecule has 76 valence electrons. The second-order valence-electron chi connectivity index (χ2n) is 4.42. The molecule has 0 amide bonds. The van der Waals surface area contributed by atoms with Gasteiger partial charge in [-0.2, -0.15) is 0 Å². The highest BCUT2D eigenvalue weighted by molar-refractivity contribution is 7.80. The monoisotopic (exact) mass is 207 g/mol. The van der Waals surface area contributed by atoms with E-state index in [2.05, 4.69) is 18.7 Å². The summed E-state index contributed by atoms with van der Waals surface area (Å²) in [6.45, 7) is 6.19. The van der Waals surface area contributed by atoms with Gasteiger partial charge in [-0.1, -0.05) is 31.1 Å². The van der Waals surface area contributed by atoms with Crippen molar-refractivity contribution in [3.8, 4) is 0 Å². The summed E-state index contributed by atoms with van der Waals surface area (Å²) in [4.78, 5) is 3.01. The molecule has 1 aliphatic rings. The molecule has 0 N–H and O–H groups in total. The smallest absolute Gasteiger partial charge is 0.0802 e. The molecule has 1 nitrogen and oxygen atoms in total. The molecule has 2 radical (unpaired) electrons. The van der Waals surface area contributed by atoms with Crippen LogP contribution in [0.5, 0.6) is 0 Å². The maximum Gasteiger partial charge on any atom is 0.0802 e. The standard InChI is InChI=1S/C11H18BNS/c1-8-10(13(4)9(2)14)6-5-7-11(8,3)12/h5-7H2,1-4H3. The molecule has 0 aliphatic heterocycles. The third kappa shape index (κ3) is 2.19. The Bertz CT molecular complexity index is 281. The Labute approximate surface area is 94.0 Å². The first-order valence-corrected chi connectivity index (χ1v) is 5.50. The number of nitrogens with zero attached hydrogens (tertiary/aromatic N) is 1. The predicted octanol–water partition coefficient (Wildman–Crippen LogP) is 3.07. The highest BCUT2D eigenvalue weighted by Crippen LogP contribution is 2.44. The van der Waals surface area contributed by atoms with Gasteiger partial charge in [-0.15, -0.1) is 0 Å². The van der Waals surface area contributed by atoms with E-state index in [0.717, 1.165) is 24.3 Å².